The summed E-state index contributed by atoms with van der Waals surface area (Å²) in [5.74, 6) is -1.49. The third-order valence-electron chi connectivity index (χ3n) is 4.27. The molecule has 1 aromatic rings. The minimum Gasteiger partial charge on any atom is -0.481 e. The number of nitrogens with zero attached hydrogens (tertiary/aromatic N) is 2. The first-order valence-corrected chi connectivity index (χ1v) is 7.62. The smallest absolute Gasteiger partial charge is 0.314 e. The van der Waals surface area contributed by atoms with Crippen LogP contribution in [-0.4, -0.2) is 56.4 Å². The molecule has 2 atom stereocenters. The van der Waals surface area contributed by atoms with Crippen molar-refractivity contribution in [3.63, 3.8) is 0 Å². The lowest BCUT2D eigenvalue weighted by molar-refractivity contribution is -0.162. The van der Waals surface area contributed by atoms with Gasteiger partial charge in [-0.15, -0.1) is 0 Å². The van der Waals surface area contributed by atoms with Crippen molar-refractivity contribution < 1.29 is 19.8 Å². The number of nitrogens with one attached hydrogen (secondary N) is 1. The highest BCUT2D eigenvalue weighted by Crippen LogP contribution is 2.36. The molecule has 1 amide bonds. The third-order valence-corrected chi connectivity index (χ3v) is 4.73. The van der Waals surface area contributed by atoms with E-state index >= 15 is 0 Å². The molecule has 122 valence electrons. The summed E-state index contributed by atoms with van der Waals surface area (Å²) in [6, 6.07) is 0. The van der Waals surface area contributed by atoms with E-state index in [9.17, 15) is 19.8 Å². The number of aliphatic carboxylic acids is 1. The van der Waals surface area contributed by atoms with E-state index < -0.39 is 23.4 Å². The molecule has 0 aromatic carbocycles. The summed E-state index contributed by atoms with van der Waals surface area (Å²) in [4.78, 5) is 25.7. The average molecular weight is 330 g/mol. The Hall–Kier alpha value is -1.60. The Morgan fingerprint density at radius 2 is 2.23 bits per heavy atom. The molecule has 0 aliphatic carbocycles. The van der Waals surface area contributed by atoms with Crippen LogP contribution in [0.1, 0.15) is 42.4 Å². The fraction of sp³-hybridized carbons (Fsp3) is 0.643. The average Bonchev–Trinajstić information content (AvgIpc) is 2.80. The topological polar surface area (TPSA) is 107 Å². The van der Waals surface area contributed by atoms with Crippen LogP contribution < -0.4 is 0 Å². The van der Waals surface area contributed by atoms with Crippen molar-refractivity contribution in [2.24, 2.45) is 5.41 Å². The van der Waals surface area contributed by atoms with Gasteiger partial charge in [-0.1, -0.05) is 24.9 Å². The molecule has 1 saturated heterocycles. The van der Waals surface area contributed by atoms with Gasteiger partial charge in [0.05, 0.1) is 16.8 Å². The SMILES string of the molecule is CCC[C@@]1(C(=O)O)CN(C(=O)c2n[nH]c(C)c2Cl)CC[C@@H]1O. The summed E-state index contributed by atoms with van der Waals surface area (Å²) in [6.45, 7) is 3.79. The van der Waals surface area contributed by atoms with E-state index in [0.29, 0.717) is 18.5 Å². The Morgan fingerprint density at radius 3 is 2.73 bits per heavy atom. The van der Waals surface area contributed by atoms with Crippen molar-refractivity contribution in [1.29, 1.82) is 0 Å². The van der Waals surface area contributed by atoms with Gasteiger partial charge in [-0.25, -0.2) is 0 Å². The number of aliphatic hydroxyl groups excluding tert-OH is 1. The number of hydrogen-bond acceptors (Lipinski definition) is 4. The normalized spacial score (nSPS) is 25.3. The van der Waals surface area contributed by atoms with E-state index in [2.05, 4.69) is 10.2 Å². The lowest BCUT2D eigenvalue weighted by Gasteiger charge is -2.43. The van der Waals surface area contributed by atoms with Gasteiger partial charge >= 0.3 is 5.97 Å². The minimum atomic E-state index is -1.33. The van der Waals surface area contributed by atoms with Crippen molar-refractivity contribution in [2.45, 2.75) is 39.2 Å². The van der Waals surface area contributed by atoms with Crippen LogP contribution in [0.15, 0.2) is 0 Å². The predicted molar refractivity (Wildman–Crippen MR) is 79.8 cm³/mol. The zero-order valence-corrected chi connectivity index (χ0v) is 13.4. The molecule has 2 heterocycles. The van der Waals surface area contributed by atoms with Crippen LogP contribution in [-0.2, 0) is 4.79 Å². The Balaban J connectivity index is 2.28. The monoisotopic (exact) mass is 329 g/mol. The molecule has 1 aliphatic rings. The van der Waals surface area contributed by atoms with Crippen molar-refractivity contribution in [3.05, 3.63) is 16.4 Å². The Bertz CT molecular complexity index is 589. The van der Waals surface area contributed by atoms with Crippen molar-refractivity contribution in [2.75, 3.05) is 13.1 Å². The third kappa shape index (κ3) is 2.70. The van der Waals surface area contributed by atoms with Crippen LogP contribution in [0.3, 0.4) is 0 Å². The number of halogens is 1. The molecular formula is C14H20ClN3O4. The van der Waals surface area contributed by atoms with Gasteiger partial charge in [0.15, 0.2) is 5.69 Å². The van der Waals surface area contributed by atoms with Gasteiger partial charge in [0.2, 0.25) is 0 Å². The standard InChI is InChI=1S/C14H20ClN3O4/c1-3-5-14(13(21)22)7-18(6-4-9(14)19)12(20)11-10(15)8(2)16-17-11/h9,19H,3-7H2,1-2H3,(H,16,17)(H,21,22)/t9-,14+/m0/s1. The number of rotatable bonds is 4. The number of carboxylic acid groups (broad SMARTS) is 1. The zero-order chi connectivity index (χ0) is 16.5. The summed E-state index contributed by atoms with van der Waals surface area (Å²) >= 11 is 6.04. The second kappa shape index (κ2) is 6.26. The number of piperidine rings is 1. The van der Waals surface area contributed by atoms with Crippen LogP contribution in [0.2, 0.25) is 5.02 Å². The van der Waals surface area contributed by atoms with E-state index in [1.165, 1.54) is 4.90 Å². The first-order chi connectivity index (χ1) is 10.3. The molecular weight excluding hydrogens is 310 g/mol. The number of aliphatic hydroxyl groups is 1. The maximum atomic E-state index is 12.5. The molecule has 2 rings (SSSR count). The number of hydrogen-bond donors (Lipinski definition) is 3. The largest absolute Gasteiger partial charge is 0.481 e. The highest BCUT2D eigenvalue weighted by atomic mass is 35.5. The summed E-state index contributed by atoms with van der Waals surface area (Å²) in [7, 11) is 0. The minimum absolute atomic E-state index is 0.0432. The summed E-state index contributed by atoms with van der Waals surface area (Å²) in [5.41, 5.74) is -0.660. The summed E-state index contributed by atoms with van der Waals surface area (Å²) in [5, 5.41) is 26.5. The number of carboxylic acids is 1. The second-order valence-corrected chi connectivity index (χ2v) is 6.13. The number of carbonyl (C=O) groups excluding carboxylic acids is 1. The lowest BCUT2D eigenvalue weighted by atomic mass is 9.74. The van der Waals surface area contributed by atoms with Gasteiger partial charge in [0.1, 0.15) is 5.41 Å². The van der Waals surface area contributed by atoms with E-state index in [1.807, 2.05) is 6.92 Å². The maximum absolute atomic E-state index is 12.5. The summed E-state index contributed by atoms with van der Waals surface area (Å²) < 4.78 is 0. The molecule has 7 nitrogen and oxygen atoms in total. The van der Waals surface area contributed by atoms with E-state index in [0.717, 1.165) is 0 Å². The fourth-order valence-corrected chi connectivity index (χ4v) is 3.13. The molecule has 3 N–H and O–H groups in total. The van der Waals surface area contributed by atoms with Gasteiger partial charge in [-0.3, -0.25) is 14.7 Å². The van der Waals surface area contributed by atoms with E-state index in [-0.39, 0.29) is 30.2 Å². The zero-order valence-electron chi connectivity index (χ0n) is 12.6. The summed E-state index contributed by atoms with van der Waals surface area (Å²) in [6.07, 6.45) is 0.165. The molecule has 1 aliphatic heterocycles. The van der Waals surface area contributed by atoms with E-state index in [4.69, 9.17) is 11.6 Å². The highest BCUT2D eigenvalue weighted by molar-refractivity contribution is 6.34. The molecule has 8 heteroatoms. The van der Waals surface area contributed by atoms with Crippen LogP contribution >= 0.6 is 11.6 Å². The number of carbonyl (C=O) groups is 2. The Morgan fingerprint density at radius 1 is 1.55 bits per heavy atom. The number of aromatic amines is 1. The van der Waals surface area contributed by atoms with Gasteiger partial charge in [-0.05, 0) is 19.8 Å². The molecule has 1 aromatic heterocycles. The van der Waals surface area contributed by atoms with E-state index in [1.54, 1.807) is 6.92 Å². The molecule has 0 bridgehead atoms. The lowest BCUT2D eigenvalue weighted by Crippen LogP contribution is -2.57. The van der Waals surface area contributed by atoms with Crippen molar-refractivity contribution in [3.8, 4) is 0 Å². The van der Waals surface area contributed by atoms with Crippen LogP contribution in [0.25, 0.3) is 0 Å². The first-order valence-electron chi connectivity index (χ1n) is 7.24. The predicted octanol–water partition coefficient (Wildman–Crippen LogP) is 1.45. The molecule has 0 spiro atoms. The van der Waals surface area contributed by atoms with Crippen LogP contribution in [0, 0.1) is 12.3 Å². The van der Waals surface area contributed by atoms with Crippen LogP contribution in [0.5, 0.6) is 0 Å². The molecule has 0 saturated carbocycles. The number of H-pyrrole nitrogens is 1. The quantitative estimate of drug-likeness (QED) is 0.775. The molecule has 1 fully saturated rings. The van der Waals surface area contributed by atoms with Gasteiger partial charge in [0.25, 0.3) is 5.91 Å². The number of aryl methyl sites for hydroxylation is 1. The number of amides is 1. The second-order valence-electron chi connectivity index (χ2n) is 5.75. The van der Waals surface area contributed by atoms with Gasteiger partial charge in [-0.2, -0.15) is 5.10 Å². The Labute approximate surface area is 133 Å². The number of likely N-dealkylation sites (tertiary alicyclic amines) is 1. The fourth-order valence-electron chi connectivity index (χ4n) is 2.97. The molecule has 0 radical (unpaired) electrons. The maximum Gasteiger partial charge on any atom is 0.314 e. The van der Waals surface area contributed by atoms with Gasteiger partial charge in [0, 0.05) is 13.1 Å². The molecule has 22 heavy (non-hydrogen) atoms. The Kier molecular flexibility index (Phi) is 4.77. The van der Waals surface area contributed by atoms with Gasteiger partial charge < -0.3 is 15.1 Å². The first kappa shape index (κ1) is 16.8. The van der Waals surface area contributed by atoms with Crippen LogP contribution in [0.4, 0.5) is 0 Å². The molecule has 0 unspecified atom stereocenters. The van der Waals surface area contributed by atoms with Crippen molar-refractivity contribution >= 4 is 23.5 Å². The highest BCUT2D eigenvalue weighted by Gasteiger charge is 2.49. The van der Waals surface area contributed by atoms with Crippen molar-refractivity contribution in [1.82, 2.24) is 15.1 Å². The number of aromatic nitrogens is 2.